The molecule has 21 heavy (non-hydrogen) atoms. The third-order valence-corrected chi connectivity index (χ3v) is 3.45. The molecule has 2 aromatic carbocycles. The van der Waals surface area contributed by atoms with Gasteiger partial charge in [-0.05, 0) is 16.3 Å². The molecule has 0 aliphatic heterocycles. The highest BCUT2D eigenvalue weighted by molar-refractivity contribution is 5.85. The topological polar surface area (TPSA) is 63.8 Å². The third-order valence-electron chi connectivity index (χ3n) is 3.45. The van der Waals surface area contributed by atoms with Crippen molar-refractivity contribution in [2.75, 3.05) is 11.1 Å². The number of aromatic nitrogens is 2. The first-order chi connectivity index (χ1) is 10.3. The van der Waals surface area contributed by atoms with Crippen molar-refractivity contribution < 1.29 is 0 Å². The van der Waals surface area contributed by atoms with Gasteiger partial charge in [-0.15, -0.1) is 0 Å². The zero-order chi connectivity index (χ0) is 14.7. The van der Waals surface area contributed by atoms with E-state index in [0.717, 1.165) is 18.1 Å². The second-order valence-electron chi connectivity index (χ2n) is 4.94. The van der Waals surface area contributed by atoms with Gasteiger partial charge < -0.3 is 11.1 Å². The van der Waals surface area contributed by atoms with E-state index in [9.17, 15) is 0 Å². The fourth-order valence-corrected chi connectivity index (χ4v) is 2.40. The van der Waals surface area contributed by atoms with E-state index >= 15 is 0 Å². The number of fused-ring (bicyclic) bond motifs is 1. The number of hydrogen-bond donors (Lipinski definition) is 2. The van der Waals surface area contributed by atoms with Crippen molar-refractivity contribution in [2.24, 2.45) is 0 Å². The average Bonchev–Trinajstić information content (AvgIpc) is 2.52. The molecule has 4 heteroatoms. The second kappa shape index (κ2) is 5.79. The molecule has 0 fully saturated rings. The van der Waals surface area contributed by atoms with Crippen LogP contribution in [0, 0.1) is 0 Å². The van der Waals surface area contributed by atoms with Crippen LogP contribution in [0.25, 0.3) is 10.8 Å². The molecule has 0 bridgehead atoms. The molecule has 0 spiro atoms. The summed E-state index contributed by atoms with van der Waals surface area (Å²) in [6.07, 6.45) is 0.772. The molecular weight excluding hydrogens is 260 g/mol. The summed E-state index contributed by atoms with van der Waals surface area (Å²) in [5, 5.41) is 5.84. The van der Waals surface area contributed by atoms with Crippen LogP contribution in [0.4, 0.5) is 11.6 Å². The second-order valence-corrected chi connectivity index (χ2v) is 4.94. The predicted octanol–water partition coefficient (Wildman–Crippen LogP) is 3.39. The Bertz CT molecular complexity index is 762. The van der Waals surface area contributed by atoms with Crippen LogP contribution in [0.15, 0.2) is 48.5 Å². The van der Waals surface area contributed by atoms with Crippen LogP contribution in [0.3, 0.4) is 0 Å². The van der Waals surface area contributed by atoms with Gasteiger partial charge in [0.25, 0.3) is 0 Å². The molecule has 3 N–H and O–H groups in total. The van der Waals surface area contributed by atoms with Gasteiger partial charge in [-0.25, -0.2) is 9.97 Å². The molecule has 106 valence electrons. The van der Waals surface area contributed by atoms with E-state index < -0.39 is 0 Å². The van der Waals surface area contributed by atoms with Crippen LogP contribution in [-0.2, 0) is 13.0 Å². The minimum absolute atomic E-state index is 0.502. The molecule has 0 unspecified atom stereocenters. The molecule has 0 amide bonds. The Hall–Kier alpha value is -2.62. The third kappa shape index (κ3) is 2.94. The molecule has 0 radical (unpaired) electrons. The monoisotopic (exact) mass is 278 g/mol. The van der Waals surface area contributed by atoms with Gasteiger partial charge in [0.15, 0.2) is 0 Å². The van der Waals surface area contributed by atoms with Gasteiger partial charge in [-0.2, -0.15) is 0 Å². The predicted molar refractivity (Wildman–Crippen MR) is 87.1 cm³/mol. The molecule has 1 heterocycles. The minimum Gasteiger partial charge on any atom is -0.384 e. The smallest absolute Gasteiger partial charge is 0.132 e. The molecule has 0 saturated carbocycles. The summed E-state index contributed by atoms with van der Waals surface area (Å²) in [6, 6.07) is 16.5. The Kier molecular flexibility index (Phi) is 3.69. The molecule has 0 saturated heterocycles. The number of anilines is 2. The molecule has 0 atom stereocenters. The first-order valence-corrected chi connectivity index (χ1v) is 7.10. The van der Waals surface area contributed by atoms with Crippen molar-refractivity contribution in [3.8, 4) is 0 Å². The van der Waals surface area contributed by atoms with E-state index in [4.69, 9.17) is 5.73 Å². The van der Waals surface area contributed by atoms with Crippen LogP contribution in [0.5, 0.6) is 0 Å². The lowest BCUT2D eigenvalue weighted by atomic mass is 10.0. The average molecular weight is 278 g/mol. The SMILES string of the molecule is CCc1nc(N)cc(NCc2cccc3ccccc23)n1. The maximum absolute atomic E-state index is 5.80. The van der Waals surface area contributed by atoms with Gasteiger partial charge in [-0.3, -0.25) is 0 Å². The van der Waals surface area contributed by atoms with Crippen molar-refractivity contribution in [3.63, 3.8) is 0 Å². The van der Waals surface area contributed by atoms with Gasteiger partial charge in [0.2, 0.25) is 0 Å². The Morgan fingerprint density at radius 2 is 1.86 bits per heavy atom. The van der Waals surface area contributed by atoms with E-state index in [0.29, 0.717) is 12.4 Å². The van der Waals surface area contributed by atoms with E-state index in [1.54, 1.807) is 6.07 Å². The number of nitrogens with one attached hydrogen (secondary N) is 1. The maximum Gasteiger partial charge on any atom is 0.132 e. The van der Waals surface area contributed by atoms with E-state index in [1.807, 2.05) is 6.92 Å². The van der Waals surface area contributed by atoms with Crippen LogP contribution >= 0.6 is 0 Å². The van der Waals surface area contributed by atoms with Crippen molar-refractivity contribution >= 4 is 22.4 Å². The summed E-state index contributed by atoms with van der Waals surface area (Å²) in [4.78, 5) is 8.63. The summed E-state index contributed by atoms with van der Waals surface area (Å²) >= 11 is 0. The molecular formula is C17H18N4. The highest BCUT2D eigenvalue weighted by atomic mass is 15.0. The zero-order valence-electron chi connectivity index (χ0n) is 12.0. The summed E-state index contributed by atoms with van der Waals surface area (Å²) in [5.41, 5.74) is 7.04. The first-order valence-electron chi connectivity index (χ1n) is 7.10. The fourth-order valence-electron chi connectivity index (χ4n) is 2.40. The highest BCUT2D eigenvalue weighted by Gasteiger charge is 2.03. The van der Waals surface area contributed by atoms with Crippen LogP contribution in [-0.4, -0.2) is 9.97 Å². The van der Waals surface area contributed by atoms with Gasteiger partial charge in [-0.1, -0.05) is 49.4 Å². The quantitative estimate of drug-likeness (QED) is 0.768. The van der Waals surface area contributed by atoms with Gasteiger partial charge in [0, 0.05) is 19.0 Å². The van der Waals surface area contributed by atoms with Gasteiger partial charge >= 0.3 is 0 Å². The first kappa shape index (κ1) is 13.4. The van der Waals surface area contributed by atoms with Crippen LogP contribution in [0.2, 0.25) is 0 Å². The standard InChI is InChI=1S/C17H18N4/c1-2-16-20-15(18)10-17(21-16)19-11-13-8-5-7-12-6-3-4-9-14(12)13/h3-10H,2,11H2,1H3,(H3,18,19,20,21). The molecule has 0 aliphatic rings. The summed E-state index contributed by atoms with van der Waals surface area (Å²) in [5.74, 6) is 2.03. The van der Waals surface area contributed by atoms with Crippen LogP contribution in [0.1, 0.15) is 18.3 Å². The molecule has 3 rings (SSSR count). The number of nitrogens with zero attached hydrogens (tertiary/aromatic N) is 2. The Morgan fingerprint density at radius 3 is 2.71 bits per heavy atom. The lowest BCUT2D eigenvalue weighted by molar-refractivity contribution is 0.938. The summed E-state index contributed by atoms with van der Waals surface area (Å²) in [6.45, 7) is 2.73. The van der Waals surface area contributed by atoms with Crippen molar-refractivity contribution in [1.82, 2.24) is 9.97 Å². The lowest BCUT2D eigenvalue weighted by Gasteiger charge is -2.10. The Morgan fingerprint density at radius 1 is 1.05 bits per heavy atom. The van der Waals surface area contributed by atoms with Crippen molar-refractivity contribution in [2.45, 2.75) is 19.9 Å². The van der Waals surface area contributed by atoms with Gasteiger partial charge in [0.1, 0.15) is 17.5 Å². The fraction of sp³-hybridized carbons (Fsp3) is 0.176. The van der Waals surface area contributed by atoms with E-state index in [-0.39, 0.29) is 0 Å². The van der Waals surface area contributed by atoms with E-state index in [1.165, 1.54) is 16.3 Å². The Labute approximate surface area is 124 Å². The molecule has 3 aromatic rings. The number of hydrogen-bond acceptors (Lipinski definition) is 4. The van der Waals surface area contributed by atoms with Crippen molar-refractivity contribution in [3.05, 3.63) is 59.9 Å². The van der Waals surface area contributed by atoms with Gasteiger partial charge in [0.05, 0.1) is 0 Å². The number of rotatable bonds is 4. The number of benzene rings is 2. The van der Waals surface area contributed by atoms with Crippen molar-refractivity contribution in [1.29, 1.82) is 0 Å². The largest absolute Gasteiger partial charge is 0.384 e. The van der Waals surface area contributed by atoms with Crippen LogP contribution < -0.4 is 11.1 Å². The normalized spacial score (nSPS) is 10.7. The number of nitrogen functional groups attached to an aromatic ring is 1. The number of nitrogens with two attached hydrogens (primary N) is 1. The zero-order valence-corrected chi connectivity index (χ0v) is 12.0. The summed E-state index contributed by atoms with van der Waals surface area (Å²) < 4.78 is 0. The van der Waals surface area contributed by atoms with E-state index in [2.05, 4.69) is 57.7 Å². The maximum atomic E-state index is 5.80. The lowest BCUT2D eigenvalue weighted by Crippen LogP contribution is -2.06. The number of aryl methyl sites for hydroxylation is 1. The highest BCUT2D eigenvalue weighted by Crippen LogP contribution is 2.19. The minimum atomic E-state index is 0.502. The molecule has 4 nitrogen and oxygen atoms in total. The molecule has 1 aromatic heterocycles. The molecule has 0 aliphatic carbocycles. The summed E-state index contributed by atoms with van der Waals surface area (Å²) in [7, 11) is 0. The Balaban J connectivity index is 1.85.